The molecule has 0 bridgehead atoms. The molecule has 0 N–H and O–H groups in total. The molecular formula is C19H28N4O4S2. The van der Waals surface area contributed by atoms with Crippen LogP contribution in [0, 0.1) is 27.7 Å². The molecule has 0 aliphatic carbocycles. The van der Waals surface area contributed by atoms with E-state index in [0.29, 0.717) is 28.3 Å². The first-order valence-electron chi connectivity index (χ1n) is 9.52. The molecular weight excluding hydrogens is 412 g/mol. The van der Waals surface area contributed by atoms with Crippen LogP contribution in [-0.2, 0) is 27.1 Å². The summed E-state index contributed by atoms with van der Waals surface area (Å²) in [6, 6.07) is 3.72. The molecule has 10 heteroatoms. The van der Waals surface area contributed by atoms with Crippen molar-refractivity contribution in [2.75, 3.05) is 26.2 Å². The van der Waals surface area contributed by atoms with E-state index in [0.717, 1.165) is 5.56 Å². The van der Waals surface area contributed by atoms with Gasteiger partial charge < -0.3 is 4.57 Å². The van der Waals surface area contributed by atoms with E-state index in [2.05, 4.69) is 4.98 Å². The van der Waals surface area contributed by atoms with Gasteiger partial charge in [0.2, 0.25) is 10.0 Å². The average Bonchev–Trinajstić information content (AvgIpc) is 2.82. The summed E-state index contributed by atoms with van der Waals surface area (Å²) in [4.78, 5) is 4.46. The van der Waals surface area contributed by atoms with E-state index in [4.69, 9.17) is 0 Å². The summed E-state index contributed by atoms with van der Waals surface area (Å²) in [5, 5.41) is -0.000898. The minimum atomic E-state index is -3.76. The molecule has 0 atom stereocenters. The second kappa shape index (κ2) is 7.82. The Morgan fingerprint density at radius 2 is 1.34 bits per heavy atom. The molecule has 1 aliphatic rings. The van der Waals surface area contributed by atoms with Crippen LogP contribution < -0.4 is 0 Å². The van der Waals surface area contributed by atoms with Crippen molar-refractivity contribution in [3.8, 4) is 0 Å². The lowest BCUT2D eigenvalue weighted by Gasteiger charge is -2.23. The Bertz CT molecular complexity index is 1090. The maximum absolute atomic E-state index is 13.3. The zero-order chi connectivity index (χ0) is 21.6. The molecule has 1 fully saturated rings. The van der Waals surface area contributed by atoms with Crippen LogP contribution >= 0.6 is 0 Å². The Balaban J connectivity index is 1.86. The lowest BCUT2D eigenvalue weighted by molar-refractivity contribution is 0.403. The number of nitrogens with zero attached hydrogens (tertiary/aromatic N) is 4. The van der Waals surface area contributed by atoms with E-state index in [9.17, 15) is 16.8 Å². The highest BCUT2D eigenvalue weighted by atomic mass is 32.2. The lowest BCUT2D eigenvalue weighted by atomic mass is 10.1. The van der Waals surface area contributed by atoms with Crippen LogP contribution in [0.15, 0.2) is 28.3 Å². The first-order valence-corrected chi connectivity index (χ1v) is 12.4. The molecule has 160 valence electrons. The molecule has 0 spiro atoms. The molecule has 0 amide bonds. The molecule has 0 radical (unpaired) electrons. The number of aryl methyl sites for hydroxylation is 5. The van der Waals surface area contributed by atoms with Crippen LogP contribution in [0.5, 0.6) is 0 Å². The van der Waals surface area contributed by atoms with Gasteiger partial charge in [0.05, 0.1) is 4.90 Å². The Kier molecular flexibility index (Phi) is 5.92. The largest absolute Gasteiger partial charge is 0.337 e. The van der Waals surface area contributed by atoms with Crippen LogP contribution in [0.25, 0.3) is 0 Å². The van der Waals surface area contributed by atoms with Crippen LogP contribution in [0.4, 0.5) is 0 Å². The van der Waals surface area contributed by atoms with E-state index >= 15 is 0 Å². The van der Waals surface area contributed by atoms with Gasteiger partial charge in [-0.3, -0.25) is 0 Å². The highest BCUT2D eigenvalue weighted by Gasteiger charge is 2.34. The Hall–Kier alpha value is -1.75. The van der Waals surface area contributed by atoms with Gasteiger partial charge in [-0.1, -0.05) is 17.7 Å². The molecule has 2 aromatic rings. The zero-order valence-electron chi connectivity index (χ0n) is 17.5. The van der Waals surface area contributed by atoms with Gasteiger partial charge in [0, 0.05) is 39.4 Å². The summed E-state index contributed by atoms with van der Waals surface area (Å²) < 4.78 is 56.9. The highest BCUT2D eigenvalue weighted by molar-refractivity contribution is 7.89. The Morgan fingerprint density at radius 1 is 0.828 bits per heavy atom. The Morgan fingerprint density at radius 3 is 1.83 bits per heavy atom. The van der Waals surface area contributed by atoms with E-state index in [1.54, 1.807) is 32.4 Å². The number of aromatic nitrogens is 2. The number of benzene rings is 1. The molecule has 1 aliphatic heterocycles. The SMILES string of the molecule is Cc1cc(C)c(S(=O)(=O)N2CCCN(S(=O)(=O)c3cn(C)c(C)n3)CC2)c(C)c1. The van der Waals surface area contributed by atoms with E-state index in [1.165, 1.54) is 14.8 Å². The predicted octanol–water partition coefficient (Wildman–Crippen LogP) is 1.74. The van der Waals surface area contributed by atoms with Gasteiger partial charge in [-0.15, -0.1) is 0 Å². The van der Waals surface area contributed by atoms with Crippen molar-refractivity contribution in [1.29, 1.82) is 0 Å². The van der Waals surface area contributed by atoms with Gasteiger partial charge in [-0.05, 0) is 45.2 Å². The third-order valence-electron chi connectivity index (χ3n) is 5.31. The molecule has 3 rings (SSSR count). The van der Waals surface area contributed by atoms with Crippen LogP contribution in [0.3, 0.4) is 0 Å². The maximum atomic E-state index is 13.3. The summed E-state index contributed by atoms with van der Waals surface area (Å²) >= 11 is 0. The van der Waals surface area contributed by atoms with E-state index < -0.39 is 20.0 Å². The number of imidazole rings is 1. The highest BCUT2D eigenvalue weighted by Crippen LogP contribution is 2.27. The molecule has 1 saturated heterocycles. The zero-order valence-corrected chi connectivity index (χ0v) is 19.1. The molecule has 29 heavy (non-hydrogen) atoms. The van der Waals surface area contributed by atoms with Gasteiger partial charge in [-0.2, -0.15) is 8.61 Å². The van der Waals surface area contributed by atoms with Crippen molar-refractivity contribution in [2.24, 2.45) is 7.05 Å². The number of hydrogen-bond acceptors (Lipinski definition) is 5. The summed E-state index contributed by atoms with van der Waals surface area (Å²) in [5.41, 5.74) is 2.43. The van der Waals surface area contributed by atoms with E-state index in [1.807, 2.05) is 19.1 Å². The van der Waals surface area contributed by atoms with Crippen LogP contribution in [0.1, 0.15) is 28.9 Å². The summed E-state index contributed by atoms with van der Waals surface area (Å²) in [5.74, 6) is 0.605. The predicted molar refractivity (Wildman–Crippen MR) is 111 cm³/mol. The first-order chi connectivity index (χ1) is 13.4. The van der Waals surface area contributed by atoms with Gasteiger partial charge in [0.15, 0.2) is 5.03 Å². The molecule has 0 saturated carbocycles. The Labute approximate surface area is 173 Å². The van der Waals surface area contributed by atoms with Gasteiger partial charge in [-0.25, -0.2) is 21.8 Å². The van der Waals surface area contributed by atoms with Crippen molar-refractivity contribution in [1.82, 2.24) is 18.2 Å². The van der Waals surface area contributed by atoms with Crippen LogP contribution in [-0.4, -0.2) is 61.2 Å². The monoisotopic (exact) mass is 440 g/mol. The quantitative estimate of drug-likeness (QED) is 0.722. The fourth-order valence-electron chi connectivity index (χ4n) is 3.84. The molecule has 8 nitrogen and oxygen atoms in total. The standard InChI is InChI=1S/C19H28N4O4S2/c1-14-11-15(2)19(16(3)12-14)29(26,27)23-8-6-7-22(9-10-23)28(24,25)18-13-21(5)17(4)20-18/h11-13H,6-10H2,1-5H3. The molecule has 1 aromatic heterocycles. The minimum Gasteiger partial charge on any atom is -0.337 e. The number of rotatable bonds is 4. The fraction of sp³-hybridized carbons (Fsp3) is 0.526. The van der Waals surface area contributed by atoms with Crippen molar-refractivity contribution >= 4 is 20.0 Å². The normalized spacial score (nSPS) is 17.4. The fourth-order valence-corrected chi connectivity index (χ4v) is 7.21. The average molecular weight is 441 g/mol. The third-order valence-corrected chi connectivity index (χ3v) is 9.28. The van der Waals surface area contributed by atoms with Gasteiger partial charge in [0.25, 0.3) is 10.0 Å². The molecule has 2 heterocycles. The smallest absolute Gasteiger partial charge is 0.262 e. The van der Waals surface area contributed by atoms with Crippen molar-refractivity contribution in [2.45, 2.75) is 44.0 Å². The summed E-state index contributed by atoms with van der Waals surface area (Å²) in [6.45, 7) is 8.02. The third kappa shape index (κ3) is 4.11. The van der Waals surface area contributed by atoms with Crippen LogP contribution in [0.2, 0.25) is 0 Å². The van der Waals surface area contributed by atoms with Crippen molar-refractivity contribution < 1.29 is 16.8 Å². The summed E-state index contributed by atoms with van der Waals surface area (Å²) in [7, 11) is -5.73. The lowest BCUT2D eigenvalue weighted by Crippen LogP contribution is -2.37. The van der Waals surface area contributed by atoms with Gasteiger partial charge in [0.1, 0.15) is 5.82 Å². The summed E-state index contributed by atoms with van der Waals surface area (Å²) in [6.07, 6.45) is 1.91. The van der Waals surface area contributed by atoms with E-state index in [-0.39, 0.29) is 31.2 Å². The molecule has 1 aromatic carbocycles. The topological polar surface area (TPSA) is 92.6 Å². The second-order valence-corrected chi connectivity index (χ2v) is 11.4. The number of hydrogen-bond donors (Lipinski definition) is 0. The van der Waals surface area contributed by atoms with Gasteiger partial charge >= 0.3 is 0 Å². The molecule has 0 unspecified atom stereocenters. The first kappa shape index (κ1) is 21.9. The number of sulfonamides is 2. The van der Waals surface area contributed by atoms with Crippen molar-refractivity contribution in [3.63, 3.8) is 0 Å². The maximum Gasteiger partial charge on any atom is 0.262 e. The second-order valence-electron chi connectivity index (χ2n) is 7.63. The van der Waals surface area contributed by atoms with Crippen molar-refractivity contribution in [3.05, 3.63) is 40.8 Å². The minimum absolute atomic E-state index is 0.000898.